The van der Waals surface area contributed by atoms with Crippen molar-refractivity contribution in [3.63, 3.8) is 0 Å². The van der Waals surface area contributed by atoms with Gasteiger partial charge in [-0.05, 0) is 24.5 Å². The number of rotatable bonds is 7. The minimum absolute atomic E-state index is 0.0353. The molecule has 1 fully saturated rings. The lowest BCUT2D eigenvalue weighted by Crippen LogP contribution is -2.17. The molecule has 26 heavy (non-hydrogen) atoms. The van der Waals surface area contributed by atoms with Crippen molar-refractivity contribution in [1.29, 1.82) is 0 Å². The highest BCUT2D eigenvalue weighted by Gasteiger charge is 2.16. The highest BCUT2D eigenvalue weighted by atomic mass is 32.1. The van der Waals surface area contributed by atoms with Crippen LogP contribution in [-0.2, 0) is 16.1 Å². The SMILES string of the molecule is CC(=O)NCc1ccc(-c2csc(NC(=O)CCC3CCCCC3)n2)s1. The number of thiophene rings is 1. The van der Waals surface area contributed by atoms with Gasteiger partial charge in [-0.3, -0.25) is 9.59 Å². The molecular formula is C19H25N3O2S2. The normalized spacial score (nSPS) is 15.0. The smallest absolute Gasteiger partial charge is 0.226 e. The fourth-order valence-electron chi connectivity index (χ4n) is 3.26. The van der Waals surface area contributed by atoms with E-state index in [2.05, 4.69) is 15.6 Å². The first-order valence-electron chi connectivity index (χ1n) is 9.19. The third-order valence-electron chi connectivity index (χ3n) is 4.68. The van der Waals surface area contributed by atoms with E-state index in [1.54, 1.807) is 11.3 Å². The van der Waals surface area contributed by atoms with Gasteiger partial charge in [0, 0.05) is 23.6 Å². The lowest BCUT2D eigenvalue weighted by Gasteiger charge is -2.20. The Balaban J connectivity index is 1.49. The quantitative estimate of drug-likeness (QED) is 0.712. The van der Waals surface area contributed by atoms with E-state index in [1.165, 1.54) is 50.4 Å². The zero-order valence-electron chi connectivity index (χ0n) is 15.0. The van der Waals surface area contributed by atoms with Crippen LogP contribution >= 0.6 is 22.7 Å². The molecule has 0 atom stereocenters. The van der Waals surface area contributed by atoms with E-state index in [0.29, 0.717) is 18.1 Å². The number of thiazole rings is 1. The Labute approximate surface area is 162 Å². The Morgan fingerprint density at radius 1 is 1.23 bits per heavy atom. The number of nitrogens with one attached hydrogen (secondary N) is 2. The Hall–Kier alpha value is -1.73. The zero-order valence-corrected chi connectivity index (χ0v) is 16.7. The maximum absolute atomic E-state index is 12.2. The molecule has 5 nitrogen and oxygen atoms in total. The van der Waals surface area contributed by atoms with Gasteiger partial charge in [-0.2, -0.15) is 0 Å². The predicted molar refractivity (Wildman–Crippen MR) is 107 cm³/mol. The van der Waals surface area contributed by atoms with Gasteiger partial charge in [0.25, 0.3) is 0 Å². The highest BCUT2D eigenvalue weighted by molar-refractivity contribution is 7.17. The van der Waals surface area contributed by atoms with Gasteiger partial charge >= 0.3 is 0 Å². The van der Waals surface area contributed by atoms with E-state index in [4.69, 9.17) is 0 Å². The van der Waals surface area contributed by atoms with Gasteiger partial charge in [-0.1, -0.05) is 32.1 Å². The number of amides is 2. The monoisotopic (exact) mass is 391 g/mol. The molecule has 0 unspecified atom stereocenters. The fourth-order valence-corrected chi connectivity index (χ4v) is 4.97. The molecule has 0 saturated heterocycles. The molecule has 1 saturated carbocycles. The van der Waals surface area contributed by atoms with Crippen LogP contribution < -0.4 is 10.6 Å². The molecule has 2 N–H and O–H groups in total. The van der Waals surface area contributed by atoms with Gasteiger partial charge < -0.3 is 10.6 Å². The molecule has 2 amide bonds. The van der Waals surface area contributed by atoms with Crippen molar-refractivity contribution < 1.29 is 9.59 Å². The molecule has 2 aromatic rings. The van der Waals surface area contributed by atoms with Gasteiger partial charge in [-0.25, -0.2) is 4.98 Å². The maximum atomic E-state index is 12.2. The summed E-state index contributed by atoms with van der Waals surface area (Å²) in [5, 5.41) is 8.35. The summed E-state index contributed by atoms with van der Waals surface area (Å²) in [6.07, 6.45) is 8.09. The summed E-state index contributed by atoms with van der Waals surface area (Å²) >= 11 is 3.06. The van der Waals surface area contributed by atoms with Crippen LogP contribution in [0.1, 0.15) is 56.7 Å². The van der Waals surface area contributed by atoms with Gasteiger partial charge in [-0.15, -0.1) is 22.7 Å². The molecule has 2 aromatic heterocycles. The highest BCUT2D eigenvalue weighted by Crippen LogP contribution is 2.31. The van der Waals surface area contributed by atoms with Crippen LogP contribution in [0.3, 0.4) is 0 Å². The first-order chi connectivity index (χ1) is 12.6. The maximum Gasteiger partial charge on any atom is 0.226 e. The fraction of sp³-hybridized carbons (Fsp3) is 0.526. The van der Waals surface area contributed by atoms with E-state index in [9.17, 15) is 9.59 Å². The second-order valence-electron chi connectivity index (χ2n) is 6.80. The summed E-state index contributed by atoms with van der Waals surface area (Å²) in [7, 11) is 0. The van der Waals surface area contributed by atoms with Crippen molar-refractivity contribution >= 4 is 39.6 Å². The number of hydrogen-bond donors (Lipinski definition) is 2. The van der Waals surface area contributed by atoms with Crippen LogP contribution in [0.25, 0.3) is 10.6 Å². The minimum atomic E-state index is -0.0353. The van der Waals surface area contributed by atoms with E-state index >= 15 is 0 Å². The topological polar surface area (TPSA) is 71.1 Å². The molecule has 0 bridgehead atoms. The Morgan fingerprint density at radius 3 is 2.81 bits per heavy atom. The summed E-state index contributed by atoms with van der Waals surface area (Å²) in [6.45, 7) is 2.05. The van der Waals surface area contributed by atoms with Crippen molar-refractivity contribution in [1.82, 2.24) is 10.3 Å². The lowest BCUT2D eigenvalue weighted by molar-refractivity contribution is -0.119. The summed E-state index contributed by atoms with van der Waals surface area (Å²) in [5.41, 5.74) is 0.872. The number of carbonyl (C=O) groups is 2. The van der Waals surface area contributed by atoms with Crippen molar-refractivity contribution in [2.45, 2.75) is 58.4 Å². The summed E-state index contributed by atoms with van der Waals surface area (Å²) < 4.78 is 0. The lowest BCUT2D eigenvalue weighted by atomic mass is 9.86. The molecular weight excluding hydrogens is 366 g/mol. The van der Waals surface area contributed by atoms with E-state index in [0.717, 1.165) is 27.8 Å². The molecule has 7 heteroatoms. The zero-order chi connectivity index (χ0) is 18.4. The molecule has 0 radical (unpaired) electrons. The van der Waals surface area contributed by atoms with Crippen LogP contribution in [0.2, 0.25) is 0 Å². The van der Waals surface area contributed by atoms with Crippen LogP contribution in [0.5, 0.6) is 0 Å². The third kappa shape index (κ3) is 5.64. The predicted octanol–water partition coefficient (Wildman–Crippen LogP) is 4.81. The van der Waals surface area contributed by atoms with Gasteiger partial charge in [0.15, 0.2) is 5.13 Å². The van der Waals surface area contributed by atoms with Crippen molar-refractivity contribution in [2.24, 2.45) is 5.92 Å². The Morgan fingerprint density at radius 2 is 2.04 bits per heavy atom. The first kappa shape index (κ1) is 19.0. The summed E-state index contributed by atoms with van der Waals surface area (Å²) in [5.74, 6) is 0.746. The van der Waals surface area contributed by atoms with Crippen molar-refractivity contribution in [3.8, 4) is 10.6 Å². The molecule has 0 aliphatic heterocycles. The van der Waals surface area contributed by atoms with Gasteiger partial charge in [0.2, 0.25) is 11.8 Å². The van der Waals surface area contributed by atoms with Gasteiger partial charge in [0.1, 0.15) is 0 Å². The number of anilines is 1. The van der Waals surface area contributed by atoms with E-state index < -0.39 is 0 Å². The molecule has 140 valence electrons. The van der Waals surface area contributed by atoms with E-state index in [1.807, 2.05) is 17.5 Å². The number of hydrogen-bond acceptors (Lipinski definition) is 5. The average Bonchev–Trinajstić information content (AvgIpc) is 3.28. The van der Waals surface area contributed by atoms with Crippen LogP contribution in [0.4, 0.5) is 5.13 Å². The minimum Gasteiger partial charge on any atom is -0.351 e. The van der Waals surface area contributed by atoms with Gasteiger partial charge in [0.05, 0.1) is 17.1 Å². The Kier molecular flexibility index (Phi) is 6.80. The van der Waals surface area contributed by atoms with Crippen LogP contribution in [0, 0.1) is 5.92 Å². The van der Waals surface area contributed by atoms with Crippen molar-refractivity contribution in [3.05, 3.63) is 22.4 Å². The average molecular weight is 392 g/mol. The first-order valence-corrected chi connectivity index (χ1v) is 10.9. The molecule has 0 spiro atoms. The van der Waals surface area contributed by atoms with E-state index in [-0.39, 0.29) is 11.8 Å². The largest absolute Gasteiger partial charge is 0.351 e. The number of carbonyl (C=O) groups excluding carboxylic acids is 2. The number of nitrogens with zero attached hydrogens (tertiary/aromatic N) is 1. The summed E-state index contributed by atoms with van der Waals surface area (Å²) in [6, 6.07) is 4.00. The standard InChI is InChI=1S/C19H25N3O2S2/c1-13(23)20-11-15-8-9-17(26-15)16-12-25-19(21-16)22-18(24)10-7-14-5-3-2-4-6-14/h8-9,12,14H,2-7,10-11H2,1H3,(H,20,23)(H,21,22,24). The van der Waals surface area contributed by atoms with Crippen LogP contribution in [0.15, 0.2) is 17.5 Å². The molecule has 3 rings (SSSR count). The molecule has 2 heterocycles. The number of aromatic nitrogens is 1. The molecule has 1 aliphatic rings. The van der Waals surface area contributed by atoms with Crippen LogP contribution in [-0.4, -0.2) is 16.8 Å². The third-order valence-corrected chi connectivity index (χ3v) is 6.55. The second-order valence-corrected chi connectivity index (χ2v) is 8.83. The molecule has 1 aliphatic carbocycles. The van der Waals surface area contributed by atoms with Crippen molar-refractivity contribution in [2.75, 3.05) is 5.32 Å². The second kappa shape index (κ2) is 9.28. The Bertz CT molecular complexity index is 748. The summed E-state index contributed by atoms with van der Waals surface area (Å²) in [4.78, 5) is 29.8. The molecule has 0 aromatic carbocycles.